The number of hydrogen-bond donors (Lipinski definition) is 1. The number of hydrogen-bond acceptors (Lipinski definition) is 2. The highest BCUT2D eigenvalue weighted by molar-refractivity contribution is 4.57. The molecule has 1 rings (SSSR count). The van der Waals surface area contributed by atoms with E-state index in [4.69, 9.17) is 0 Å². The predicted octanol–water partition coefficient (Wildman–Crippen LogP) is -0.373. The van der Waals surface area contributed by atoms with Crippen LogP contribution in [0.3, 0.4) is 0 Å². The lowest BCUT2D eigenvalue weighted by molar-refractivity contribution is -0.151. The minimum absolute atomic E-state index is 0.653. The van der Waals surface area contributed by atoms with Gasteiger partial charge in [-0.05, 0) is 13.0 Å². The maximum atomic E-state index is 10.6. The Balaban J connectivity index is 2.17. The molecule has 3 nitrogen and oxygen atoms in total. The summed E-state index contributed by atoms with van der Waals surface area (Å²) in [5, 5.41) is 14.8. The molecule has 0 atom stereocenters. The summed E-state index contributed by atoms with van der Waals surface area (Å²) < 4.78 is 0. The molecule has 1 aliphatic rings. The van der Waals surface area contributed by atoms with Crippen LogP contribution in [0.4, 0.5) is 0 Å². The normalized spacial score (nSPS) is 25.1. The molecular weight excluding hydrogens is 104 g/mol. The maximum Gasteiger partial charge on any atom is 0.0396 e. The fourth-order valence-electron chi connectivity index (χ4n) is 0.821. The monoisotopic (exact) mass is 115 g/mol. The topological polar surface area (TPSA) is 35.2 Å². The van der Waals surface area contributed by atoms with Gasteiger partial charge in [-0.15, -0.1) is 5.21 Å². The van der Waals surface area contributed by atoms with Crippen molar-refractivity contribution in [3.05, 3.63) is 0 Å². The first-order chi connectivity index (χ1) is 3.89. The third-order valence-electron chi connectivity index (χ3n) is 1.30. The summed E-state index contributed by atoms with van der Waals surface area (Å²) in [6.45, 7) is 3.20. The van der Waals surface area contributed by atoms with Crippen LogP contribution >= 0.6 is 0 Å². The first-order valence-electron chi connectivity index (χ1n) is 3.02. The summed E-state index contributed by atoms with van der Waals surface area (Å²) in [5.41, 5.74) is 0. The summed E-state index contributed by atoms with van der Waals surface area (Å²) in [4.78, 5) is 0. The maximum absolute atomic E-state index is 10.6. The fraction of sp³-hybridized carbons (Fsp3) is 1.00. The molecule has 1 aliphatic heterocycles. The van der Waals surface area contributed by atoms with E-state index in [0.29, 0.717) is 13.1 Å². The lowest BCUT2D eigenvalue weighted by Gasteiger charge is -2.03. The van der Waals surface area contributed by atoms with Crippen molar-refractivity contribution >= 4 is 0 Å². The van der Waals surface area contributed by atoms with E-state index in [1.165, 1.54) is 0 Å². The van der Waals surface area contributed by atoms with Gasteiger partial charge in [-0.1, -0.05) is 0 Å². The molecule has 3 heteroatoms. The van der Waals surface area contributed by atoms with Crippen LogP contribution in [0.1, 0.15) is 6.42 Å². The van der Waals surface area contributed by atoms with Crippen LogP contribution in [0.2, 0.25) is 0 Å². The SMILES string of the molecule is [O]N1CCCNCC1. The molecule has 47 valence electrons. The molecule has 1 fully saturated rings. The van der Waals surface area contributed by atoms with Gasteiger partial charge in [-0.3, -0.25) is 0 Å². The summed E-state index contributed by atoms with van der Waals surface area (Å²) in [6.07, 6.45) is 0.990. The highest BCUT2D eigenvalue weighted by Gasteiger charge is 2.04. The van der Waals surface area contributed by atoms with E-state index in [2.05, 4.69) is 5.32 Å². The number of hydroxylamine groups is 2. The third kappa shape index (κ3) is 1.78. The van der Waals surface area contributed by atoms with Crippen LogP contribution in [-0.2, 0) is 5.21 Å². The Morgan fingerprint density at radius 1 is 1.25 bits per heavy atom. The van der Waals surface area contributed by atoms with E-state index in [0.717, 1.165) is 24.6 Å². The number of rotatable bonds is 0. The number of nitrogens with zero attached hydrogens (tertiary/aromatic N) is 1. The van der Waals surface area contributed by atoms with Crippen LogP contribution in [-0.4, -0.2) is 31.2 Å². The molecule has 0 aromatic carbocycles. The van der Waals surface area contributed by atoms with E-state index in [9.17, 15) is 5.21 Å². The number of nitrogens with one attached hydrogen (secondary N) is 1. The minimum Gasteiger partial charge on any atom is -0.315 e. The molecule has 0 aromatic rings. The summed E-state index contributed by atoms with van der Waals surface area (Å²) in [5.74, 6) is 0. The highest BCUT2D eigenvalue weighted by Crippen LogP contribution is 1.88. The Labute approximate surface area is 49.3 Å². The van der Waals surface area contributed by atoms with E-state index < -0.39 is 0 Å². The highest BCUT2D eigenvalue weighted by atomic mass is 16.5. The second kappa shape index (κ2) is 3.02. The zero-order valence-corrected chi connectivity index (χ0v) is 4.89. The molecule has 0 aromatic heterocycles. The molecule has 0 saturated carbocycles. The van der Waals surface area contributed by atoms with Gasteiger partial charge >= 0.3 is 0 Å². The smallest absolute Gasteiger partial charge is 0.0396 e. The van der Waals surface area contributed by atoms with Crippen LogP contribution in [0.15, 0.2) is 0 Å². The van der Waals surface area contributed by atoms with Crippen molar-refractivity contribution in [2.24, 2.45) is 0 Å². The van der Waals surface area contributed by atoms with Crippen molar-refractivity contribution in [3.63, 3.8) is 0 Å². The molecule has 0 bridgehead atoms. The van der Waals surface area contributed by atoms with Crippen molar-refractivity contribution in [2.75, 3.05) is 26.2 Å². The van der Waals surface area contributed by atoms with E-state index in [1.54, 1.807) is 0 Å². The molecule has 1 heterocycles. The zero-order valence-electron chi connectivity index (χ0n) is 4.89. The van der Waals surface area contributed by atoms with Gasteiger partial charge in [0.05, 0.1) is 0 Å². The molecule has 0 aliphatic carbocycles. The molecule has 0 amide bonds. The van der Waals surface area contributed by atoms with Gasteiger partial charge in [0.2, 0.25) is 0 Å². The Morgan fingerprint density at radius 3 is 3.00 bits per heavy atom. The third-order valence-corrected chi connectivity index (χ3v) is 1.30. The largest absolute Gasteiger partial charge is 0.315 e. The molecule has 1 saturated heterocycles. The van der Waals surface area contributed by atoms with Crippen LogP contribution in [0.5, 0.6) is 0 Å². The van der Waals surface area contributed by atoms with Crippen molar-refractivity contribution in [1.29, 1.82) is 0 Å². The minimum atomic E-state index is 0.653. The Bertz CT molecular complexity index is 59.4. The van der Waals surface area contributed by atoms with Gasteiger partial charge in [-0.25, -0.2) is 0 Å². The van der Waals surface area contributed by atoms with Crippen LogP contribution < -0.4 is 5.32 Å². The van der Waals surface area contributed by atoms with Crippen molar-refractivity contribution < 1.29 is 5.21 Å². The molecule has 0 unspecified atom stereocenters. The predicted molar refractivity (Wildman–Crippen MR) is 29.7 cm³/mol. The average Bonchev–Trinajstić information content (AvgIpc) is 1.94. The summed E-state index contributed by atoms with van der Waals surface area (Å²) in [6, 6.07) is 0. The zero-order chi connectivity index (χ0) is 5.82. The molecule has 1 N–H and O–H groups in total. The molecule has 8 heavy (non-hydrogen) atoms. The van der Waals surface area contributed by atoms with Gasteiger partial charge < -0.3 is 5.32 Å². The van der Waals surface area contributed by atoms with Gasteiger partial charge in [0.15, 0.2) is 0 Å². The summed E-state index contributed by atoms with van der Waals surface area (Å²) in [7, 11) is 0. The first-order valence-corrected chi connectivity index (χ1v) is 3.02. The van der Waals surface area contributed by atoms with Gasteiger partial charge in [0.25, 0.3) is 0 Å². The van der Waals surface area contributed by atoms with E-state index in [-0.39, 0.29) is 0 Å². The average molecular weight is 115 g/mol. The van der Waals surface area contributed by atoms with Crippen LogP contribution in [0, 0.1) is 0 Å². The van der Waals surface area contributed by atoms with Gasteiger partial charge in [0, 0.05) is 19.6 Å². The molecule has 0 spiro atoms. The molecule has 1 radical (unpaired) electrons. The van der Waals surface area contributed by atoms with Gasteiger partial charge in [-0.2, -0.15) is 5.06 Å². The second-order valence-electron chi connectivity index (χ2n) is 2.03. The van der Waals surface area contributed by atoms with Crippen molar-refractivity contribution in [3.8, 4) is 0 Å². The quantitative estimate of drug-likeness (QED) is 0.467. The second-order valence-corrected chi connectivity index (χ2v) is 2.03. The fourth-order valence-corrected chi connectivity index (χ4v) is 0.821. The Morgan fingerprint density at radius 2 is 2.12 bits per heavy atom. The Hall–Kier alpha value is -0.120. The van der Waals surface area contributed by atoms with E-state index in [1.807, 2.05) is 0 Å². The van der Waals surface area contributed by atoms with Gasteiger partial charge in [0.1, 0.15) is 0 Å². The van der Waals surface area contributed by atoms with E-state index >= 15 is 0 Å². The van der Waals surface area contributed by atoms with Crippen molar-refractivity contribution in [2.45, 2.75) is 6.42 Å². The lowest BCUT2D eigenvalue weighted by Crippen LogP contribution is -2.23. The van der Waals surface area contributed by atoms with Crippen LogP contribution in [0.25, 0.3) is 0 Å². The lowest BCUT2D eigenvalue weighted by atomic mass is 10.4. The summed E-state index contributed by atoms with van der Waals surface area (Å²) >= 11 is 0. The van der Waals surface area contributed by atoms with Crippen molar-refractivity contribution in [1.82, 2.24) is 10.4 Å². The first kappa shape index (κ1) is 6.01. The Kier molecular flexibility index (Phi) is 2.27. The standard InChI is InChI=1S/C5H11N2O/c8-7-4-1-2-6-3-5-7/h6H,1-5H2. The molecular formula is C5H11N2O.